The number of nitrogens with zero attached hydrogens (tertiary/aromatic N) is 3. The van der Waals surface area contributed by atoms with Gasteiger partial charge >= 0.3 is 32.8 Å². The molecule has 9 rings (SSSR count). The van der Waals surface area contributed by atoms with E-state index in [0.29, 0.717) is 11.5 Å². The minimum atomic E-state index is 0. The molecule has 1 aromatic heterocycles. The molecule has 5 heteroatoms. The molecule has 8 aromatic rings. The predicted molar refractivity (Wildman–Crippen MR) is 222 cm³/mol. The number of hydrogen-bond acceptors (Lipinski definition) is 2. The molecule has 0 bridgehead atoms. The number of ether oxygens (including phenoxy) is 1. The molecule has 0 saturated heterocycles. The molecule has 1 aliphatic heterocycles. The first-order valence-electron chi connectivity index (χ1n) is 18.2. The molecule has 0 N–H and O–H groups in total. The van der Waals surface area contributed by atoms with E-state index in [2.05, 4.69) is 180 Å². The van der Waals surface area contributed by atoms with Crippen LogP contribution in [0.2, 0.25) is 0 Å². The molecule has 1 aliphatic rings. The van der Waals surface area contributed by atoms with Crippen LogP contribution in [0.25, 0.3) is 44.3 Å². The maximum absolute atomic E-state index is 6.45. The molecule has 0 spiro atoms. The molecule has 0 saturated carbocycles. The van der Waals surface area contributed by atoms with Crippen LogP contribution in [0.1, 0.15) is 26.3 Å². The second-order valence-corrected chi connectivity index (χ2v) is 14.5. The second-order valence-electron chi connectivity index (χ2n) is 14.5. The quantitative estimate of drug-likeness (QED) is 0.118. The van der Waals surface area contributed by atoms with E-state index in [0.717, 1.165) is 67.0 Å². The minimum Gasteiger partial charge on any atom is -0.503 e. The maximum Gasteiger partial charge on any atom is 2.00 e. The van der Waals surface area contributed by atoms with Crippen LogP contribution in [0, 0.1) is 12.1 Å². The van der Waals surface area contributed by atoms with Crippen molar-refractivity contribution in [3.8, 4) is 45.0 Å². The molecule has 0 atom stereocenters. The van der Waals surface area contributed by atoms with Crippen LogP contribution in [0.4, 0.5) is 22.7 Å². The largest absolute Gasteiger partial charge is 2.00 e. The summed E-state index contributed by atoms with van der Waals surface area (Å²) in [4.78, 5) is 4.65. The van der Waals surface area contributed by atoms with Gasteiger partial charge in [0.2, 0.25) is 5.69 Å². The van der Waals surface area contributed by atoms with Gasteiger partial charge in [-0.2, -0.15) is 6.07 Å². The zero-order chi connectivity index (χ0) is 36.6. The first-order chi connectivity index (χ1) is 26.4. The van der Waals surface area contributed by atoms with Gasteiger partial charge in [0.25, 0.3) is 5.69 Å². The first kappa shape index (κ1) is 35.8. The van der Waals surface area contributed by atoms with Crippen LogP contribution in [0.5, 0.6) is 11.5 Å². The van der Waals surface area contributed by atoms with Gasteiger partial charge in [-0.25, -0.2) is 0 Å². The third kappa shape index (κ3) is 6.99. The van der Waals surface area contributed by atoms with E-state index in [4.69, 9.17) is 4.74 Å². The van der Waals surface area contributed by atoms with E-state index in [1.807, 2.05) is 42.6 Å². The van der Waals surface area contributed by atoms with Gasteiger partial charge in [0.1, 0.15) is 5.69 Å². The molecular formula is C50H37N3OPt+2. The Morgan fingerprint density at radius 3 is 1.93 bits per heavy atom. The smallest absolute Gasteiger partial charge is 0.503 e. The molecule has 4 nitrogen and oxygen atoms in total. The number of pyridine rings is 1. The van der Waals surface area contributed by atoms with Gasteiger partial charge in [0.15, 0.2) is 0 Å². The zero-order valence-electron chi connectivity index (χ0n) is 30.7. The molecule has 266 valence electrons. The molecular weight excluding hydrogens is 854 g/mol. The van der Waals surface area contributed by atoms with Crippen LogP contribution < -0.4 is 13.9 Å². The van der Waals surface area contributed by atoms with E-state index < -0.39 is 0 Å². The summed E-state index contributed by atoms with van der Waals surface area (Å²) in [6.07, 6.45) is 1.86. The number of aromatic nitrogens is 1. The molecule has 0 radical (unpaired) electrons. The van der Waals surface area contributed by atoms with Gasteiger partial charge in [-0.15, -0.1) is 29.8 Å². The van der Waals surface area contributed by atoms with E-state index in [1.54, 1.807) is 0 Å². The number of hydrogen-bond donors (Lipinski definition) is 0. The van der Waals surface area contributed by atoms with Crippen LogP contribution >= 0.6 is 0 Å². The fraction of sp³-hybridized carbons (Fsp3) is 0.0800. The minimum absolute atomic E-state index is 0. The van der Waals surface area contributed by atoms with Gasteiger partial charge in [-0.05, 0) is 68.1 Å². The number of para-hydroxylation sites is 1. The molecule has 0 fully saturated rings. The predicted octanol–water partition coefficient (Wildman–Crippen LogP) is 12.8. The van der Waals surface area contributed by atoms with Gasteiger partial charge in [-0.1, -0.05) is 135 Å². The van der Waals surface area contributed by atoms with Crippen molar-refractivity contribution in [3.05, 3.63) is 188 Å². The van der Waals surface area contributed by atoms with E-state index in [1.165, 1.54) is 5.56 Å². The molecule has 0 amide bonds. The third-order valence-electron chi connectivity index (χ3n) is 9.86. The van der Waals surface area contributed by atoms with Crippen molar-refractivity contribution in [1.82, 2.24) is 14.1 Å². The Balaban J connectivity index is 0.00000427. The standard InChI is InChI=1S/C50H37N3O.Pt/c1-50(2,3)39-29-30-51-46(32-39)38-20-12-22-41(31-38)54-42-23-13-21-40(33-42)52-34-53(49-45-24-11-10-19-37(45)27-28-47(49)52)48-43(35-15-6-4-7-16-35)25-14-26-44(48)36-17-8-5-9-18-36;/h4-30,32H,1-3H3;/q;+2. The first-order valence-corrected chi connectivity index (χ1v) is 18.2. The Kier molecular flexibility index (Phi) is 9.72. The fourth-order valence-corrected chi connectivity index (χ4v) is 7.14. The van der Waals surface area contributed by atoms with Crippen molar-refractivity contribution in [2.75, 3.05) is 0 Å². The summed E-state index contributed by atoms with van der Waals surface area (Å²) >= 11 is 0. The Hall–Kier alpha value is -6.18. The van der Waals surface area contributed by atoms with Gasteiger partial charge in [-0.3, -0.25) is 0 Å². The SMILES string of the molecule is CC(C)(C)c1ccnc(-c2[c-]c(Oc3[c-]c([N+]4=C=[N+](c5c(-c6ccccc6)cccc5-c5ccccc5)c5c4ccc4ccccc54)ccc3)ccc2)c1.[Pt+2]. The maximum atomic E-state index is 6.45. The fourth-order valence-electron chi connectivity index (χ4n) is 7.14. The summed E-state index contributed by atoms with van der Waals surface area (Å²) < 4.78 is 10.8. The van der Waals surface area contributed by atoms with Gasteiger partial charge in [0.05, 0.1) is 16.5 Å². The number of fused-ring (bicyclic) bond motifs is 3. The monoisotopic (exact) mass is 890 g/mol. The number of benzene rings is 7. The van der Waals surface area contributed by atoms with Crippen LogP contribution in [-0.4, -0.2) is 11.0 Å². The average Bonchev–Trinajstić information content (AvgIpc) is 3.61. The van der Waals surface area contributed by atoms with Crippen molar-refractivity contribution < 1.29 is 25.8 Å². The summed E-state index contributed by atoms with van der Waals surface area (Å²) in [7, 11) is 0. The number of rotatable bonds is 7. The summed E-state index contributed by atoms with van der Waals surface area (Å²) in [5, 5.41) is 2.29. The molecule has 7 aromatic carbocycles. The van der Waals surface area contributed by atoms with Crippen LogP contribution in [0.3, 0.4) is 0 Å². The summed E-state index contributed by atoms with van der Waals surface area (Å²) in [5.41, 5.74) is 11.4. The van der Waals surface area contributed by atoms with Crippen molar-refractivity contribution in [2.24, 2.45) is 0 Å². The van der Waals surface area contributed by atoms with E-state index in [-0.39, 0.29) is 26.5 Å². The topological polar surface area (TPSA) is 28.1 Å². The molecule has 2 heterocycles. The Morgan fingerprint density at radius 1 is 0.582 bits per heavy atom. The molecule has 55 heavy (non-hydrogen) atoms. The zero-order valence-corrected chi connectivity index (χ0v) is 33.0. The average molecular weight is 891 g/mol. The van der Waals surface area contributed by atoms with Gasteiger partial charge in [0, 0.05) is 23.8 Å². The Bertz CT molecular complexity index is 2700. The van der Waals surface area contributed by atoms with E-state index >= 15 is 0 Å². The summed E-state index contributed by atoms with van der Waals surface area (Å²) in [5.74, 6) is 1.17. The second kappa shape index (κ2) is 14.9. The van der Waals surface area contributed by atoms with Crippen molar-refractivity contribution >= 4 is 39.5 Å². The van der Waals surface area contributed by atoms with Crippen LogP contribution in [-0.2, 0) is 26.5 Å². The summed E-state index contributed by atoms with van der Waals surface area (Å²) in [6.45, 7) is 6.62. The van der Waals surface area contributed by atoms with Gasteiger partial charge < -0.3 is 9.72 Å². The normalized spacial score (nSPS) is 12.1. The molecule has 0 unspecified atom stereocenters. The van der Waals surface area contributed by atoms with Crippen molar-refractivity contribution in [2.45, 2.75) is 26.2 Å². The van der Waals surface area contributed by atoms with E-state index in [9.17, 15) is 0 Å². The van der Waals surface area contributed by atoms with Crippen molar-refractivity contribution in [1.29, 1.82) is 0 Å². The third-order valence-corrected chi connectivity index (χ3v) is 9.86. The van der Waals surface area contributed by atoms with Crippen molar-refractivity contribution in [3.63, 3.8) is 0 Å². The Labute approximate surface area is 336 Å². The summed E-state index contributed by atoms with van der Waals surface area (Å²) in [6, 6.07) is 67.5. The Morgan fingerprint density at radius 2 is 1.22 bits per heavy atom. The molecule has 0 aliphatic carbocycles. The van der Waals surface area contributed by atoms with Crippen LogP contribution in [0.15, 0.2) is 170 Å².